The van der Waals surface area contributed by atoms with E-state index >= 15 is 0 Å². The Hall–Kier alpha value is -0.981. The molecule has 0 spiro atoms. The monoisotopic (exact) mass is 349 g/mol. The summed E-state index contributed by atoms with van der Waals surface area (Å²) in [7, 11) is 0. The summed E-state index contributed by atoms with van der Waals surface area (Å²) in [5, 5.41) is 0. The second kappa shape index (κ2) is 9.11. The van der Waals surface area contributed by atoms with Gasteiger partial charge >= 0.3 is 0 Å². The van der Waals surface area contributed by atoms with Crippen molar-refractivity contribution < 1.29 is 20.1 Å². The Bertz CT molecular complexity index is 185. The first-order chi connectivity index (χ1) is 6.00. The molecule has 0 atom stereocenters. The summed E-state index contributed by atoms with van der Waals surface area (Å²) >= 11 is 0. The van der Waals surface area contributed by atoms with Crippen LogP contribution in [0, 0.1) is 6.07 Å². The van der Waals surface area contributed by atoms with Crippen molar-refractivity contribution in [3.8, 4) is 0 Å². The molecule has 2 aromatic rings. The molecule has 0 aliphatic carbocycles. The van der Waals surface area contributed by atoms with Crippen molar-refractivity contribution in [2.75, 3.05) is 0 Å². The van der Waals surface area contributed by atoms with Gasteiger partial charge < -0.3 is 0 Å². The van der Waals surface area contributed by atoms with Crippen LogP contribution in [0.3, 0.4) is 0 Å². The number of benzene rings is 1. The molecule has 1 heterocycles. The van der Waals surface area contributed by atoms with E-state index < -0.39 is 0 Å². The fourth-order valence-electron chi connectivity index (χ4n) is 0.655. The van der Waals surface area contributed by atoms with Crippen LogP contribution in [0.15, 0.2) is 60.9 Å². The van der Waals surface area contributed by atoms with Gasteiger partial charge in [0.2, 0.25) is 0 Å². The van der Waals surface area contributed by atoms with Crippen molar-refractivity contribution >= 4 is 0 Å². The quantitative estimate of drug-likeness (QED) is 0.667. The zero-order valence-electron chi connectivity index (χ0n) is 7.05. The van der Waals surface area contributed by atoms with E-state index in [9.17, 15) is 0 Å². The molecule has 0 bridgehead atoms. The molecule has 0 unspecified atom stereocenters. The van der Waals surface area contributed by atoms with Gasteiger partial charge in [-0.15, -0.1) is 0 Å². The largest absolute Gasteiger partial charge is 0.265 e. The summed E-state index contributed by atoms with van der Waals surface area (Å²) in [6, 6.07) is 18.2. The van der Waals surface area contributed by atoms with Gasteiger partial charge in [-0.3, -0.25) is 4.98 Å². The Morgan fingerprint density at radius 1 is 0.692 bits per heavy atom. The first-order valence-corrected chi connectivity index (χ1v) is 3.76. The van der Waals surface area contributed by atoms with Gasteiger partial charge in [-0.05, 0) is 12.1 Å². The van der Waals surface area contributed by atoms with Crippen LogP contribution in [0.1, 0.15) is 0 Å². The molecule has 0 amide bonds. The van der Waals surface area contributed by atoms with Crippen molar-refractivity contribution in [3.63, 3.8) is 0 Å². The minimum atomic E-state index is 0. The number of aromatic nitrogens is 1. The molecule has 0 aliphatic rings. The molecule has 1 aromatic carbocycles. The van der Waals surface area contributed by atoms with E-state index in [4.69, 9.17) is 0 Å². The molecule has 1 nitrogen and oxygen atoms in total. The number of nitrogens with zero attached hydrogens (tertiary/aromatic N) is 1. The van der Waals surface area contributed by atoms with E-state index in [0.717, 1.165) is 0 Å². The van der Waals surface area contributed by atoms with Gasteiger partial charge in [0.1, 0.15) is 0 Å². The van der Waals surface area contributed by atoms with Crippen molar-refractivity contribution in [1.29, 1.82) is 0 Å². The van der Waals surface area contributed by atoms with Crippen LogP contribution in [0.4, 0.5) is 0 Å². The fraction of sp³-hybridized carbons (Fsp3) is 0. The van der Waals surface area contributed by atoms with Gasteiger partial charge in [0.05, 0.1) is 0 Å². The Labute approximate surface area is 92.2 Å². The molecule has 1 aromatic heterocycles. The average molecular weight is 348 g/mol. The van der Waals surface area contributed by atoms with Crippen LogP contribution < -0.4 is 0 Å². The minimum absolute atomic E-state index is 0. The van der Waals surface area contributed by atoms with E-state index in [1.54, 1.807) is 12.4 Å². The zero-order chi connectivity index (χ0) is 8.49. The Morgan fingerprint density at radius 3 is 1.38 bits per heavy atom. The summed E-state index contributed by atoms with van der Waals surface area (Å²) < 4.78 is 0. The molecule has 13 heavy (non-hydrogen) atoms. The van der Waals surface area contributed by atoms with Crippen molar-refractivity contribution in [2.24, 2.45) is 0 Å². The van der Waals surface area contributed by atoms with Gasteiger partial charge in [0, 0.05) is 32.5 Å². The summed E-state index contributed by atoms with van der Waals surface area (Å²) in [6.07, 6.45) is 3.50. The standard InChI is InChI=1S/C6H5.C5H5N.Ir/c2*1-2-4-6-5-3-1;/h2*1-5H;/q-1;;. The van der Waals surface area contributed by atoms with E-state index in [1.807, 2.05) is 48.5 Å². The second-order valence-corrected chi connectivity index (χ2v) is 2.10. The average Bonchev–Trinajstić information content (AvgIpc) is 2.24. The smallest absolute Gasteiger partial charge is 0.0267 e. The summed E-state index contributed by atoms with van der Waals surface area (Å²) in [5.41, 5.74) is 0. The van der Waals surface area contributed by atoms with E-state index in [2.05, 4.69) is 11.1 Å². The molecule has 0 saturated carbocycles. The number of pyridine rings is 1. The van der Waals surface area contributed by atoms with Gasteiger partial charge in [-0.2, -0.15) is 36.4 Å². The van der Waals surface area contributed by atoms with Crippen LogP contribution in [-0.2, 0) is 20.1 Å². The predicted molar refractivity (Wildman–Crippen MR) is 49.5 cm³/mol. The van der Waals surface area contributed by atoms with Crippen LogP contribution in [-0.4, -0.2) is 4.98 Å². The molecule has 1 radical (unpaired) electrons. The van der Waals surface area contributed by atoms with Gasteiger partial charge in [0.15, 0.2) is 0 Å². The van der Waals surface area contributed by atoms with Gasteiger partial charge in [-0.25, -0.2) is 0 Å². The molecule has 0 aliphatic heterocycles. The van der Waals surface area contributed by atoms with Crippen LogP contribution in [0.2, 0.25) is 0 Å². The van der Waals surface area contributed by atoms with Gasteiger partial charge in [-0.1, -0.05) is 6.07 Å². The molecule has 0 fully saturated rings. The molecular weight excluding hydrogens is 338 g/mol. The van der Waals surface area contributed by atoms with Crippen LogP contribution in [0.5, 0.6) is 0 Å². The summed E-state index contributed by atoms with van der Waals surface area (Å²) in [6.45, 7) is 0. The Balaban J connectivity index is 0.000000206. The number of hydrogen-bond acceptors (Lipinski definition) is 1. The molecule has 2 heteroatoms. The third-order valence-electron chi connectivity index (χ3n) is 1.17. The van der Waals surface area contributed by atoms with E-state index in [-0.39, 0.29) is 20.1 Å². The maximum absolute atomic E-state index is 3.78. The molecular formula is C11H10IrN-. The van der Waals surface area contributed by atoms with Crippen molar-refractivity contribution in [1.82, 2.24) is 4.98 Å². The van der Waals surface area contributed by atoms with Crippen molar-refractivity contribution in [3.05, 3.63) is 67.0 Å². The number of rotatable bonds is 0. The Kier molecular flexibility index (Phi) is 8.42. The maximum Gasteiger partial charge on any atom is 0.0267 e. The van der Waals surface area contributed by atoms with Crippen LogP contribution >= 0.6 is 0 Å². The first kappa shape index (κ1) is 12.0. The topological polar surface area (TPSA) is 12.9 Å². The minimum Gasteiger partial charge on any atom is -0.265 e. The zero-order valence-corrected chi connectivity index (χ0v) is 9.45. The third kappa shape index (κ3) is 7.38. The first-order valence-electron chi connectivity index (χ1n) is 3.76. The molecule has 0 saturated heterocycles. The molecule has 69 valence electrons. The Morgan fingerprint density at radius 2 is 1.23 bits per heavy atom. The van der Waals surface area contributed by atoms with Crippen LogP contribution in [0.25, 0.3) is 0 Å². The van der Waals surface area contributed by atoms with E-state index in [0.29, 0.717) is 0 Å². The SMILES string of the molecule is [Ir].[c-]1ccccc1.c1ccncc1. The van der Waals surface area contributed by atoms with Gasteiger partial charge in [0.25, 0.3) is 0 Å². The second-order valence-electron chi connectivity index (χ2n) is 2.10. The summed E-state index contributed by atoms with van der Waals surface area (Å²) in [4.78, 5) is 3.78. The maximum atomic E-state index is 3.78. The fourth-order valence-corrected chi connectivity index (χ4v) is 0.655. The van der Waals surface area contributed by atoms with Crippen molar-refractivity contribution in [2.45, 2.75) is 0 Å². The third-order valence-corrected chi connectivity index (χ3v) is 1.17. The normalized spacial score (nSPS) is 7.38. The number of hydrogen-bond donors (Lipinski definition) is 0. The molecule has 2 rings (SSSR count). The molecule has 0 N–H and O–H groups in total. The van der Waals surface area contributed by atoms with E-state index in [1.165, 1.54) is 0 Å². The summed E-state index contributed by atoms with van der Waals surface area (Å²) in [5.74, 6) is 0. The predicted octanol–water partition coefficient (Wildman–Crippen LogP) is 2.57.